The molecule has 7 heteroatoms. The Labute approximate surface area is 134 Å². The minimum atomic E-state index is -2.89. The predicted octanol–water partition coefficient (Wildman–Crippen LogP) is 3.03. The number of nitrogens with two attached hydrogens (primary N) is 1. The van der Waals surface area contributed by atoms with Crippen molar-refractivity contribution < 1.29 is 18.3 Å². The lowest BCUT2D eigenvalue weighted by atomic mass is 9.96. The molecule has 1 fully saturated rings. The molecule has 3 N–H and O–H groups in total. The van der Waals surface area contributed by atoms with Gasteiger partial charge in [0.05, 0.1) is 13.7 Å². The number of alkyl halides is 2. The van der Waals surface area contributed by atoms with Gasteiger partial charge in [-0.1, -0.05) is 19.3 Å². The summed E-state index contributed by atoms with van der Waals surface area (Å²) in [6, 6.07) is 4.97. The molecule has 1 aliphatic rings. The third-order valence-electron chi connectivity index (χ3n) is 3.86. The van der Waals surface area contributed by atoms with Gasteiger partial charge in [-0.05, 0) is 31.0 Å². The molecule has 0 aromatic heterocycles. The van der Waals surface area contributed by atoms with Crippen LogP contribution in [0.4, 0.5) is 8.78 Å². The van der Waals surface area contributed by atoms with Crippen molar-refractivity contribution in [2.24, 2.45) is 10.7 Å². The van der Waals surface area contributed by atoms with Crippen LogP contribution < -0.4 is 20.5 Å². The van der Waals surface area contributed by atoms with Crippen LogP contribution in [-0.4, -0.2) is 25.7 Å². The highest BCUT2D eigenvalue weighted by atomic mass is 19.3. The number of guanidine groups is 1. The quantitative estimate of drug-likeness (QED) is 0.622. The molecule has 2 rings (SSSR count). The first kappa shape index (κ1) is 17.3. The molecule has 0 heterocycles. The molecule has 128 valence electrons. The lowest BCUT2D eigenvalue weighted by molar-refractivity contribution is -0.0504. The monoisotopic (exact) mass is 327 g/mol. The topological polar surface area (TPSA) is 68.9 Å². The maximum atomic E-state index is 12.5. The van der Waals surface area contributed by atoms with Gasteiger partial charge in [-0.15, -0.1) is 0 Å². The van der Waals surface area contributed by atoms with E-state index in [0.29, 0.717) is 23.3 Å². The number of ether oxygens (including phenoxy) is 2. The molecule has 1 aromatic rings. The molecule has 0 amide bonds. The zero-order valence-corrected chi connectivity index (χ0v) is 13.2. The summed E-state index contributed by atoms with van der Waals surface area (Å²) in [7, 11) is 1.51. The van der Waals surface area contributed by atoms with Crippen LogP contribution in [0.3, 0.4) is 0 Å². The number of nitrogens with zero attached hydrogens (tertiary/aromatic N) is 1. The molecule has 1 saturated carbocycles. The molecule has 1 aliphatic carbocycles. The van der Waals surface area contributed by atoms with Crippen molar-refractivity contribution in [3.8, 4) is 11.5 Å². The van der Waals surface area contributed by atoms with E-state index in [1.54, 1.807) is 12.1 Å². The van der Waals surface area contributed by atoms with Crippen LogP contribution in [0.5, 0.6) is 11.5 Å². The molecule has 0 saturated heterocycles. The van der Waals surface area contributed by atoms with E-state index in [1.165, 1.54) is 32.4 Å². The SMILES string of the molecule is COc1ccc(OC(F)F)c(CN=C(N)NC2CCCCC2)c1. The van der Waals surface area contributed by atoms with Gasteiger partial charge in [0.25, 0.3) is 0 Å². The minimum Gasteiger partial charge on any atom is -0.497 e. The van der Waals surface area contributed by atoms with Crippen LogP contribution in [-0.2, 0) is 6.54 Å². The third kappa shape index (κ3) is 5.58. The first-order valence-electron chi connectivity index (χ1n) is 7.76. The normalized spacial score (nSPS) is 16.4. The van der Waals surface area contributed by atoms with Crippen molar-refractivity contribution >= 4 is 5.96 Å². The summed E-state index contributed by atoms with van der Waals surface area (Å²) in [6.07, 6.45) is 5.79. The highest BCUT2D eigenvalue weighted by molar-refractivity contribution is 5.78. The molecule has 0 radical (unpaired) electrons. The first-order chi connectivity index (χ1) is 11.1. The largest absolute Gasteiger partial charge is 0.497 e. The molecule has 1 aromatic carbocycles. The van der Waals surface area contributed by atoms with E-state index >= 15 is 0 Å². The Morgan fingerprint density at radius 2 is 2.09 bits per heavy atom. The van der Waals surface area contributed by atoms with E-state index < -0.39 is 6.61 Å². The van der Waals surface area contributed by atoms with Crippen molar-refractivity contribution in [2.45, 2.75) is 51.3 Å². The number of methoxy groups -OCH3 is 1. The van der Waals surface area contributed by atoms with E-state index in [2.05, 4.69) is 15.0 Å². The molecule has 23 heavy (non-hydrogen) atoms. The Morgan fingerprint density at radius 1 is 1.35 bits per heavy atom. The van der Waals surface area contributed by atoms with Gasteiger partial charge in [-0.2, -0.15) is 8.78 Å². The third-order valence-corrected chi connectivity index (χ3v) is 3.86. The van der Waals surface area contributed by atoms with Gasteiger partial charge in [0.2, 0.25) is 0 Å². The second-order valence-electron chi connectivity index (χ2n) is 5.53. The van der Waals surface area contributed by atoms with Gasteiger partial charge in [0.1, 0.15) is 11.5 Å². The molecule has 0 spiro atoms. The first-order valence-corrected chi connectivity index (χ1v) is 7.76. The summed E-state index contributed by atoms with van der Waals surface area (Å²) in [6.45, 7) is -2.74. The second-order valence-corrected chi connectivity index (χ2v) is 5.53. The van der Waals surface area contributed by atoms with Crippen molar-refractivity contribution in [1.29, 1.82) is 0 Å². The second kappa shape index (κ2) is 8.55. The number of aliphatic imine (C=N–C) groups is 1. The zero-order chi connectivity index (χ0) is 16.7. The fraction of sp³-hybridized carbons (Fsp3) is 0.562. The van der Waals surface area contributed by atoms with Gasteiger partial charge < -0.3 is 20.5 Å². The van der Waals surface area contributed by atoms with Crippen LogP contribution in [0, 0.1) is 0 Å². The Kier molecular flexibility index (Phi) is 6.43. The smallest absolute Gasteiger partial charge is 0.387 e. The number of rotatable bonds is 6. The predicted molar refractivity (Wildman–Crippen MR) is 85.0 cm³/mol. The van der Waals surface area contributed by atoms with Crippen LogP contribution in [0.25, 0.3) is 0 Å². The lowest BCUT2D eigenvalue weighted by Crippen LogP contribution is -2.41. The summed E-state index contributed by atoms with van der Waals surface area (Å²) in [5.74, 6) is 0.952. The maximum Gasteiger partial charge on any atom is 0.387 e. The average molecular weight is 327 g/mol. The molecular formula is C16H23F2N3O2. The van der Waals surface area contributed by atoms with Gasteiger partial charge in [-0.3, -0.25) is 0 Å². The Bertz CT molecular complexity index is 532. The van der Waals surface area contributed by atoms with E-state index in [0.717, 1.165) is 12.8 Å². The molecule has 0 aliphatic heterocycles. The molecule has 0 bridgehead atoms. The van der Waals surface area contributed by atoms with E-state index in [-0.39, 0.29) is 12.3 Å². The molecule has 5 nitrogen and oxygen atoms in total. The zero-order valence-electron chi connectivity index (χ0n) is 13.2. The number of hydrogen-bond donors (Lipinski definition) is 2. The fourth-order valence-corrected chi connectivity index (χ4v) is 2.69. The lowest BCUT2D eigenvalue weighted by Gasteiger charge is -2.23. The minimum absolute atomic E-state index is 0.0787. The number of benzene rings is 1. The van der Waals surface area contributed by atoms with E-state index in [1.807, 2.05) is 0 Å². The summed E-state index contributed by atoms with van der Waals surface area (Å²) in [5, 5.41) is 3.19. The Morgan fingerprint density at radius 3 is 2.74 bits per heavy atom. The highest BCUT2D eigenvalue weighted by Crippen LogP contribution is 2.26. The summed E-state index contributed by atoms with van der Waals surface area (Å²) in [5.41, 5.74) is 6.39. The van der Waals surface area contributed by atoms with Crippen molar-refractivity contribution in [1.82, 2.24) is 5.32 Å². The van der Waals surface area contributed by atoms with Crippen LogP contribution in [0.1, 0.15) is 37.7 Å². The summed E-state index contributed by atoms with van der Waals surface area (Å²) in [4.78, 5) is 4.23. The van der Waals surface area contributed by atoms with Crippen LogP contribution in [0.2, 0.25) is 0 Å². The molecule has 0 atom stereocenters. The Balaban J connectivity index is 2.02. The molecular weight excluding hydrogens is 304 g/mol. The van der Waals surface area contributed by atoms with Gasteiger partial charge >= 0.3 is 6.61 Å². The van der Waals surface area contributed by atoms with Crippen LogP contribution in [0.15, 0.2) is 23.2 Å². The number of hydrogen-bond acceptors (Lipinski definition) is 3. The van der Waals surface area contributed by atoms with E-state index in [4.69, 9.17) is 10.5 Å². The van der Waals surface area contributed by atoms with Crippen molar-refractivity contribution in [2.75, 3.05) is 7.11 Å². The number of halogens is 2. The van der Waals surface area contributed by atoms with Gasteiger partial charge in [0.15, 0.2) is 5.96 Å². The average Bonchev–Trinajstić information content (AvgIpc) is 2.54. The summed E-state index contributed by atoms with van der Waals surface area (Å²) < 4.78 is 34.5. The summed E-state index contributed by atoms with van der Waals surface area (Å²) >= 11 is 0. The van der Waals surface area contributed by atoms with Gasteiger partial charge in [-0.25, -0.2) is 4.99 Å². The number of nitrogens with one attached hydrogen (secondary N) is 1. The van der Waals surface area contributed by atoms with Crippen molar-refractivity contribution in [3.05, 3.63) is 23.8 Å². The highest BCUT2D eigenvalue weighted by Gasteiger charge is 2.14. The Hall–Kier alpha value is -2.05. The van der Waals surface area contributed by atoms with Crippen LogP contribution >= 0.6 is 0 Å². The standard InChI is InChI=1S/C16H23F2N3O2/c1-22-13-7-8-14(23-15(17)18)11(9-13)10-20-16(19)21-12-5-3-2-4-6-12/h7-9,12,15H,2-6,10H2,1H3,(H3,19,20,21). The fourth-order valence-electron chi connectivity index (χ4n) is 2.69. The van der Waals surface area contributed by atoms with Gasteiger partial charge in [0, 0.05) is 11.6 Å². The maximum absolute atomic E-state index is 12.5. The van der Waals surface area contributed by atoms with E-state index in [9.17, 15) is 8.78 Å². The van der Waals surface area contributed by atoms with Crippen molar-refractivity contribution in [3.63, 3.8) is 0 Å². The molecule has 0 unspecified atom stereocenters.